The summed E-state index contributed by atoms with van der Waals surface area (Å²) in [6, 6.07) is 7.97. The van der Waals surface area contributed by atoms with Crippen LogP contribution < -0.4 is 0 Å². The number of fused-ring (bicyclic) bond motifs is 1. The minimum Gasteiger partial charge on any atom is -0.389 e. The minimum atomic E-state index is -0.477. The molecule has 1 heterocycles. The van der Waals surface area contributed by atoms with Crippen molar-refractivity contribution in [2.24, 2.45) is 0 Å². The zero-order valence-electron chi connectivity index (χ0n) is 11.7. The van der Waals surface area contributed by atoms with Crippen LogP contribution in [0.4, 0.5) is 0 Å². The Morgan fingerprint density at radius 1 is 1.25 bits per heavy atom. The molecule has 0 aliphatic heterocycles. The first kappa shape index (κ1) is 13.6. The summed E-state index contributed by atoms with van der Waals surface area (Å²) in [7, 11) is 0. The fraction of sp³-hybridized carbons (Fsp3) is 0.562. The standard InChI is InChI=1S/C16H22N2O2/c19-13(11-20-14-6-2-1-3-7-14)10-18-12-17-15-8-4-5-9-16(15)18/h4-5,8-9,12-14,19H,1-3,6-7,10-11H2/t13-/m0/s1. The highest BCUT2D eigenvalue weighted by Crippen LogP contribution is 2.20. The van der Waals surface area contributed by atoms with Gasteiger partial charge in [-0.05, 0) is 25.0 Å². The van der Waals surface area contributed by atoms with Crippen molar-refractivity contribution in [2.45, 2.75) is 50.9 Å². The lowest BCUT2D eigenvalue weighted by molar-refractivity contribution is -0.0280. The van der Waals surface area contributed by atoms with E-state index < -0.39 is 6.10 Å². The molecule has 1 aliphatic rings. The average molecular weight is 274 g/mol. The second kappa shape index (κ2) is 6.37. The predicted molar refractivity (Wildman–Crippen MR) is 78.6 cm³/mol. The Labute approximate surface area is 119 Å². The van der Waals surface area contributed by atoms with Crippen molar-refractivity contribution in [1.82, 2.24) is 9.55 Å². The van der Waals surface area contributed by atoms with Crippen molar-refractivity contribution in [3.63, 3.8) is 0 Å². The number of aromatic nitrogens is 2. The van der Waals surface area contributed by atoms with Gasteiger partial charge >= 0.3 is 0 Å². The molecule has 4 heteroatoms. The Balaban J connectivity index is 1.54. The summed E-state index contributed by atoms with van der Waals surface area (Å²) in [4.78, 5) is 4.33. The number of imidazole rings is 1. The molecular formula is C16H22N2O2. The first-order valence-corrected chi connectivity index (χ1v) is 7.52. The Kier molecular flexibility index (Phi) is 4.33. The van der Waals surface area contributed by atoms with Crippen LogP contribution in [0.3, 0.4) is 0 Å². The smallest absolute Gasteiger partial charge is 0.0959 e. The van der Waals surface area contributed by atoms with Gasteiger partial charge in [-0.1, -0.05) is 31.4 Å². The third-order valence-electron chi connectivity index (χ3n) is 4.01. The van der Waals surface area contributed by atoms with Gasteiger partial charge in [-0.15, -0.1) is 0 Å². The van der Waals surface area contributed by atoms with Gasteiger partial charge in [0.15, 0.2) is 0 Å². The lowest BCUT2D eigenvalue weighted by atomic mass is 9.98. The number of rotatable bonds is 5. The third-order valence-corrected chi connectivity index (χ3v) is 4.01. The maximum Gasteiger partial charge on any atom is 0.0959 e. The van der Waals surface area contributed by atoms with E-state index in [0.29, 0.717) is 19.3 Å². The first-order valence-electron chi connectivity index (χ1n) is 7.52. The fourth-order valence-corrected chi connectivity index (χ4v) is 2.91. The molecule has 1 aromatic heterocycles. The van der Waals surface area contributed by atoms with Gasteiger partial charge in [0.1, 0.15) is 0 Å². The maximum absolute atomic E-state index is 10.1. The first-order chi connectivity index (χ1) is 9.83. The van der Waals surface area contributed by atoms with Gasteiger partial charge in [0, 0.05) is 0 Å². The third kappa shape index (κ3) is 3.19. The zero-order valence-corrected chi connectivity index (χ0v) is 11.7. The van der Waals surface area contributed by atoms with Crippen molar-refractivity contribution in [2.75, 3.05) is 6.61 Å². The van der Waals surface area contributed by atoms with E-state index in [9.17, 15) is 5.11 Å². The van der Waals surface area contributed by atoms with E-state index in [-0.39, 0.29) is 0 Å². The van der Waals surface area contributed by atoms with Crippen LogP contribution in [0.25, 0.3) is 11.0 Å². The highest BCUT2D eigenvalue weighted by Gasteiger charge is 2.16. The van der Waals surface area contributed by atoms with Gasteiger partial charge in [-0.25, -0.2) is 4.98 Å². The zero-order chi connectivity index (χ0) is 13.8. The van der Waals surface area contributed by atoms with Crippen LogP contribution in [0.15, 0.2) is 30.6 Å². The van der Waals surface area contributed by atoms with Crippen molar-refractivity contribution < 1.29 is 9.84 Å². The molecule has 1 aromatic carbocycles. The molecule has 0 unspecified atom stereocenters. The van der Waals surface area contributed by atoms with Crippen LogP contribution in [0, 0.1) is 0 Å². The van der Waals surface area contributed by atoms with Gasteiger partial charge in [0.05, 0.1) is 42.7 Å². The maximum atomic E-state index is 10.1. The number of aliphatic hydroxyl groups is 1. The van der Waals surface area contributed by atoms with E-state index in [0.717, 1.165) is 23.9 Å². The van der Waals surface area contributed by atoms with E-state index in [4.69, 9.17) is 4.74 Å². The molecule has 1 N–H and O–H groups in total. The molecule has 0 spiro atoms. The second-order valence-corrected chi connectivity index (χ2v) is 5.63. The van der Waals surface area contributed by atoms with Crippen molar-refractivity contribution in [3.05, 3.63) is 30.6 Å². The van der Waals surface area contributed by atoms with E-state index in [1.807, 2.05) is 28.8 Å². The molecule has 3 rings (SSSR count). The van der Waals surface area contributed by atoms with Crippen LogP contribution in [0.5, 0.6) is 0 Å². The SMILES string of the molecule is O[C@H](COC1CCCCC1)Cn1cnc2ccccc21. The van der Waals surface area contributed by atoms with Crippen molar-refractivity contribution >= 4 is 11.0 Å². The number of para-hydroxylation sites is 2. The van der Waals surface area contributed by atoms with Crippen LogP contribution in [-0.4, -0.2) is 33.5 Å². The molecule has 0 radical (unpaired) electrons. The van der Waals surface area contributed by atoms with Crippen LogP contribution in [0.2, 0.25) is 0 Å². The summed E-state index contributed by atoms with van der Waals surface area (Å²) in [5, 5.41) is 10.1. The number of nitrogens with zero attached hydrogens (tertiary/aromatic N) is 2. The largest absolute Gasteiger partial charge is 0.389 e. The summed E-state index contributed by atoms with van der Waals surface area (Å²) >= 11 is 0. The van der Waals surface area contributed by atoms with Gasteiger partial charge in [0.2, 0.25) is 0 Å². The summed E-state index contributed by atoms with van der Waals surface area (Å²) in [6.45, 7) is 0.949. The lowest BCUT2D eigenvalue weighted by Gasteiger charge is -2.23. The molecule has 20 heavy (non-hydrogen) atoms. The van der Waals surface area contributed by atoms with Gasteiger partial charge in [-0.3, -0.25) is 0 Å². The summed E-state index contributed by atoms with van der Waals surface area (Å²) < 4.78 is 7.81. The number of ether oxygens (including phenoxy) is 1. The summed E-state index contributed by atoms with van der Waals surface area (Å²) in [5.74, 6) is 0. The normalized spacial score (nSPS) is 18.4. The monoisotopic (exact) mass is 274 g/mol. The summed E-state index contributed by atoms with van der Waals surface area (Å²) in [6.07, 6.45) is 7.77. The molecule has 0 bridgehead atoms. The molecule has 1 atom stereocenters. The molecular weight excluding hydrogens is 252 g/mol. The molecule has 4 nitrogen and oxygen atoms in total. The average Bonchev–Trinajstić information content (AvgIpc) is 2.90. The van der Waals surface area contributed by atoms with Crippen LogP contribution in [0.1, 0.15) is 32.1 Å². The summed E-state index contributed by atoms with van der Waals surface area (Å²) in [5.41, 5.74) is 2.03. The van der Waals surface area contributed by atoms with E-state index >= 15 is 0 Å². The Bertz CT molecular complexity index is 546. The molecule has 2 aromatic rings. The molecule has 0 amide bonds. The predicted octanol–water partition coefficient (Wildman–Crippen LogP) is 2.75. The number of hydrogen-bond donors (Lipinski definition) is 1. The quantitative estimate of drug-likeness (QED) is 0.912. The van der Waals surface area contributed by atoms with Crippen molar-refractivity contribution in [1.29, 1.82) is 0 Å². The highest BCUT2D eigenvalue weighted by atomic mass is 16.5. The van der Waals surface area contributed by atoms with Crippen molar-refractivity contribution in [3.8, 4) is 0 Å². The number of benzene rings is 1. The van der Waals surface area contributed by atoms with Gasteiger partial charge in [-0.2, -0.15) is 0 Å². The second-order valence-electron chi connectivity index (χ2n) is 5.63. The Morgan fingerprint density at radius 2 is 2.05 bits per heavy atom. The number of hydrogen-bond acceptors (Lipinski definition) is 3. The van der Waals surface area contributed by atoms with Gasteiger partial charge in [0.25, 0.3) is 0 Å². The Morgan fingerprint density at radius 3 is 2.90 bits per heavy atom. The topological polar surface area (TPSA) is 47.3 Å². The number of aliphatic hydroxyl groups excluding tert-OH is 1. The highest BCUT2D eigenvalue weighted by molar-refractivity contribution is 5.74. The fourth-order valence-electron chi connectivity index (χ4n) is 2.91. The van der Waals surface area contributed by atoms with Crippen LogP contribution >= 0.6 is 0 Å². The lowest BCUT2D eigenvalue weighted by Crippen LogP contribution is -2.26. The van der Waals surface area contributed by atoms with Crippen LogP contribution in [-0.2, 0) is 11.3 Å². The van der Waals surface area contributed by atoms with Gasteiger partial charge < -0.3 is 14.4 Å². The van der Waals surface area contributed by atoms with E-state index in [1.54, 1.807) is 6.33 Å². The molecule has 0 saturated heterocycles. The molecule has 1 aliphatic carbocycles. The molecule has 1 saturated carbocycles. The van der Waals surface area contributed by atoms with E-state index in [2.05, 4.69) is 4.98 Å². The Hall–Kier alpha value is -1.39. The minimum absolute atomic E-state index is 0.345. The molecule has 108 valence electrons. The molecule has 1 fully saturated rings. The van der Waals surface area contributed by atoms with E-state index in [1.165, 1.54) is 19.3 Å².